The van der Waals surface area contributed by atoms with E-state index in [1.807, 2.05) is 54.2 Å². The molecule has 1 amide bonds. The number of nitrogens with one attached hydrogen (secondary N) is 3. The maximum atomic E-state index is 12.2. The highest BCUT2D eigenvalue weighted by Crippen LogP contribution is 2.34. The quantitative estimate of drug-likeness (QED) is 0.415. The third kappa shape index (κ3) is 4.68. The first-order valence-corrected chi connectivity index (χ1v) is 12.5. The molecule has 172 valence electrons. The van der Waals surface area contributed by atoms with Crippen LogP contribution in [0.5, 0.6) is 0 Å². The van der Waals surface area contributed by atoms with Crippen LogP contribution in [-0.2, 0) is 23.4 Å². The predicted octanol–water partition coefficient (Wildman–Crippen LogP) is 5.40. The fraction of sp³-hybridized carbons (Fsp3) is 0.231. The predicted molar refractivity (Wildman–Crippen MR) is 137 cm³/mol. The van der Waals surface area contributed by atoms with Crippen molar-refractivity contribution in [3.8, 4) is 0 Å². The number of thioether (sulfide) groups is 1. The van der Waals surface area contributed by atoms with Crippen LogP contribution in [0.3, 0.4) is 0 Å². The molecule has 34 heavy (non-hydrogen) atoms. The second kappa shape index (κ2) is 9.69. The molecule has 3 aromatic rings. The first kappa shape index (κ1) is 22.2. The van der Waals surface area contributed by atoms with Gasteiger partial charge in [-0.25, -0.2) is 4.98 Å². The average molecular weight is 472 g/mol. The first-order chi connectivity index (χ1) is 16.6. The zero-order chi connectivity index (χ0) is 23.5. The molecule has 2 aliphatic rings. The minimum absolute atomic E-state index is 0.212. The van der Waals surface area contributed by atoms with Crippen molar-refractivity contribution in [2.45, 2.75) is 31.4 Å². The van der Waals surface area contributed by atoms with Gasteiger partial charge in [0.2, 0.25) is 11.9 Å². The van der Waals surface area contributed by atoms with Gasteiger partial charge in [-0.2, -0.15) is 16.7 Å². The number of nitrogens with zero attached hydrogens (tertiary/aromatic N) is 2. The molecule has 0 radical (unpaired) electrons. The van der Waals surface area contributed by atoms with Gasteiger partial charge in [-0.05, 0) is 67.0 Å². The molecule has 7 nitrogen and oxygen atoms in total. The fourth-order valence-corrected chi connectivity index (χ4v) is 5.25. The van der Waals surface area contributed by atoms with Crippen LogP contribution < -0.4 is 16.0 Å². The van der Waals surface area contributed by atoms with Gasteiger partial charge in [0, 0.05) is 29.0 Å². The Hall–Kier alpha value is -3.65. The number of anilines is 5. The van der Waals surface area contributed by atoms with Gasteiger partial charge in [-0.1, -0.05) is 18.7 Å². The summed E-state index contributed by atoms with van der Waals surface area (Å²) in [4.78, 5) is 33.6. The highest BCUT2D eigenvalue weighted by atomic mass is 32.2. The number of Topliss-reactive ketones (excluding diaryl/α,β-unsaturated/α-hetero) is 1. The molecule has 8 heteroatoms. The highest BCUT2D eigenvalue weighted by molar-refractivity contribution is 7.98. The number of amides is 1. The van der Waals surface area contributed by atoms with Crippen molar-refractivity contribution in [1.29, 1.82) is 0 Å². The molecule has 0 saturated heterocycles. The summed E-state index contributed by atoms with van der Waals surface area (Å²) < 4.78 is 0. The first-order valence-electron chi connectivity index (χ1n) is 11.3. The van der Waals surface area contributed by atoms with Crippen LogP contribution in [0, 0.1) is 0 Å². The molecule has 2 heterocycles. The molecule has 1 aliphatic carbocycles. The number of hydrogen-bond donors (Lipinski definition) is 3. The molecule has 3 N–H and O–H groups in total. The molecule has 0 fully saturated rings. The van der Waals surface area contributed by atoms with Gasteiger partial charge in [0.05, 0.1) is 17.1 Å². The van der Waals surface area contributed by atoms with Gasteiger partial charge < -0.3 is 16.0 Å². The standard InChI is InChI=1S/C26H25N5O2S/c1-2-24(33)28-21-7-3-4-8-22(21)29-25-19-15-34-13-12-20(19)30-26(31-25)27-17-10-11-18-16(14-17)6-5-9-23(18)32/h2-4,7-8,10-11,14H,1,5-6,9,12-13,15H2,(H,28,33)(H2,27,29,30,31). The summed E-state index contributed by atoms with van der Waals surface area (Å²) in [5.74, 6) is 2.98. The van der Waals surface area contributed by atoms with Crippen LogP contribution in [0.15, 0.2) is 55.1 Å². The maximum absolute atomic E-state index is 12.2. The van der Waals surface area contributed by atoms with E-state index in [0.29, 0.717) is 23.9 Å². The summed E-state index contributed by atoms with van der Waals surface area (Å²) in [6.07, 6.45) is 4.51. The van der Waals surface area contributed by atoms with E-state index in [-0.39, 0.29) is 11.7 Å². The van der Waals surface area contributed by atoms with Crippen molar-refractivity contribution in [2.75, 3.05) is 21.7 Å². The molecule has 2 aromatic carbocycles. The summed E-state index contributed by atoms with van der Waals surface area (Å²) in [6, 6.07) is 13.3. The number of hydrogen-bond acceptors (Lipinski definition) is 7. The van der Waals surface area contributed by atoms with Crippen LogP contribution in [-0.4, -0.2) is 27.4 Å². The van der Waals surface area contributed by atoms with Crippen LogP contribution in [0.4, 0.5) is 28.8 Å². The van der Waals surface area contributed by atoms with E-state index in [1.165, 1.54) is 6.08 Å². The highest BCUT2D eigenvalue weighted by Gasteiger charge is 2.21. The molecule has 5 rings (SSSR count). The van der Waals surface area contributed by atoms with Gasteiger partial charge >= 0.3 is 0 Å². The van der Waals surface area contributed by atoms with Crippen LogP contribution >= 0.6 is 11.8 Å². The lowest BCUT2D eigenvalue weighted by atomic mass is 9.90. The number of aryl methyl sites for hydroxylation is 2. The van der Waals surface area contributed by atoms with Gasteiger partial charge in [0.25, 0.3) is 0 Å². The maximum Gasteiger partial charge on any atom is 0.247 e. The number of fused-ring (bicyclic) bond motifs is 2. The van der Waals surface area contributed by atoms with Gasteiger partial charge in [0.15, 0.2) is 5.78 Å². The molecular formula is C26H25N5O2S. The van der Waals surface area contributed by atoms with E-state index >= 15 is 0 Å². The summed E-state index contributed by atoms with van der Waals surface area (Å²) in [7, 11) is 0. The zero-order valence-corrected chi connectivity index (χ0v) is 19.5. The fourth-order valence-electron chi connectivity index (χ4n) is 4.26. The molecule has 0 saturated carbocycles. The Morgan fingerprint density at radius 1 is 1.03 bits per heavy atom. The molecule has 1 aliphatic heterocycles. The Bertz CT molecular complexity index is 1290. The topological polar surface area (TPSA) is 96.0 Å². The minimum atomic E-state index is -0.275. The van der Waals surface area contributed by atoms with E-state index < -0.39 is 0 Å². The number of aromatic nitrogens is 2. The molecular weight excluding hydrogens is 446 g/mol. The molecule has 0 spiro atoms. The molecule has 0 atom stereocenters. The van der Waals surface area contributed by atoms with Gasteiger partial charge in [0.1, 0.15) is 5.82 Å². The number of carbonyl (C=O) groups excluding carboxylic acids is 2. The average Bonchev–Trinajstić information content (AvgIpc) is 2.85. The number of para-hydroxylation sites is 2. The summed E-state index contributed by atoms with van der Waals surface area (Å²) in [5.41, 5.74) is 6.23. The molecule has 0 bridgehead atoms. The summed E-state index contributed by atoms with van der Waals surface area (Å²) in [5, 5.41) is 9.59. The van der Waals surface area contributed by atoms with Crippen molar-refractivity contribution < 1.29 is 9.59 Å². The van der Waals surface area contributed by atoms with E-state index in [4.69, 9.17) is 9.97 Å². The van der Waals surface area contributed by atoms with Crippen molar-refractivity contribution in [2.24, 2.45) is 0 Å². The largest absolute Gasteiger partial charge is 0.338 e. The Morgan fingerprint density at radius 2 is 1.88 bits per heavy atom. The lowest BCUT2D eigenvalue weighted by Crippen LogP contribution is -2.14. The summed E-state index contributed by atoms with van der Waals surface area (Å²) >= 11 is 1.85. The third-order valence-corrected chi connectivity index (χ3v) is 6.94. The molecule has 1 aromatic heterocycles. The Morgan fingerprint density at radius 3 is 2.74 bits per heavy atom. The smallest absolute Gasteiger partial charge is 0.247 e. The van der Waals surface area contributed by atoms with Gasteiger partial charge in [-0.15, -0.1) is 0 Å². The zero-order valence-electron chi connectivity index (χ0n) is 18.7. The van der Waals surface area contributed by atoms with E-state index in [2.05, 4.69) is 22.5 Å². The van der Waals surface area contributed by atoms with Crippen molar-refractivity contribution in [1.82, 2.24) is 9.97 Å². The Labute approximate surface area is 202 Å². The van der Waals surface area contributed by atoms with Crippen LogP contribution in [0.1, 0.15) is 40.0 Å². The van der Waals surface area contributed by atoms with Crippen molar-refractivity contribution >= 4 is 52.3 Å². The second-order valence-electron chi connectivity index (χ2n) is 8.26. The van der Waals surface area contributed by atoms with Gasteiger partial charge in [-0.3, -0.25) is 9.59 Å². The number of ketones is 1. The minimum Gasteiger partial charge on any atom is -0.338 e. The SMILES string of the molecule is C=CC(=O)Nc1ccccc1Nc1nc(Nc2ccc3c(c2)CCCC3=O)nc2c1CSCC2. The van der Waals surface area contributed by atoms with Crippen LogP contribution in [0.25, 0.3) is 0 Å². The number of benzene rings is 2. The normalized spacial score (nSPS) is 14.5. The second-order valence-corrected chi connectivity index (χ2v) is 9.37. The van der Waals surface area contributed by atoms with Crippen LogP contribution in [0.2, 0.25) is 0 Å². The summed E-state index contributed by atoms with van der Waals surface area (Å²) in [6.45, 7) is 3.53. The van der Waals surface area contributed by atoms with E-state index in [1.54, 1.807) is 0 Å². The molecule has 0 unspecified atom stereocenters. The van der Waals surface area contributed by atoms with Crippen molar-refractivity contribution in [3.05, 3.63) is 77.5 Å². The lowest BCUT2D eigenvalue weighted by Gasteiger charge is -2.21. The number of carbonyl (C=O) groups is 2. The van der Waals surface area contributed by atoms with Crippen molar-refractivity contribution in [3.63, 3.8) is 0 Å². The third-order valence-electron chi connectivity index (χ3n) is 5.96. The Kier molecular flexibility index (Phi) is 6.31. The lowest BCUT2D eigenvalue weighted by molar-refractivity contribution is -0.111. The van der Waals surface area contributed by atoms with E-state index in [9.17, 15) is 9.59 Å². The monoisotopic (exact) mass is 471 g/mol. The number of rotatable bonds is 6. The Balaban J connectivity index is 1.47. The van der Waals surface area contributed by atoms with E-state index in [0.717, 1.165) is 64.5 Å².